The van der Waals surface area contributed by atoms with E-state index in [1.165, 1.54) is 31.0 Å². The molecule has 3 rings (SSSR count). The molecule has 0 saturated carbocycles. The number of carbonyl (C=O) groups excluding carboxylic acids is 2. The fraction of sp³-hybridized carbons (Fsp3) is 0.190. The van der Waals surface area contributed by atoms with E-state index in [4.69, 9.17) is 4.74 Å². The molecule has 8 nitrogen and oxygen atoms in total. The third-order valence-corrected chi connectivity index (χ3v) is 5.76. The lowest BCUT2D eigenvalue weighted by atomic mass is 9.78. The zero-order chi connectivity index (χ0) is 21.7. The van der Waals surface area contributed by atoms with Crippen LogP contribution in [0, 0.1) is 27.4 Å². The van der Waals surface area contributed by atoms with E-state index in [-0.39, 0.29) is 11.3 Å². The van der Waals surface area contributed by atoms with E-state index in [9.17, 15) is 25.0 Å². The van der Waals surface area contributed by atoms with Gasteiger partial charge in [0.15, 0.2) is 0 Å². The van der Waals surface area contributed by atoms with Crippen molar-refractivity contribution in [2.45, 2.75) is 11.7 Å². The van der Waals surface area contributed by atoms with Crippen molar-refractivity contribution >= 4 is 29.3 Å². The average Bonchev–Trinajstić information content (AvgIpc) is 2.77. The van der Waals surface area contributed by atoms with Crippen LogP contribution in [0.15, 0.2) is 65.2 Å². The Balaban J connectivity index is 1.94. The molecule has 0 saturated heterocycles. The van der Waals surface area contributed by atoms with Gasteiger partial charge >= 0.3 is 5.97 Å². The number of carbonyl (C=O) groups is 2. The number of hydrogen-bond acceptors (Lipinski definition) is 7. The topological polar surface area (TPSA) is 122 Å². The van der Waals surface area contributed by atoms with Gasteiger partial charge in [-0.05, 0) is 11.1 Å². The van der Waals surface area contributed by atoms with Gasteiger partial charge in [0.05, 0.1) is 28.7 Å². The van der Waals surface area contributed by atoms with E-state index in [0.717, 1.165) is 5.56 Å². The highest BCUT2D eigenvalue weighted by Crippen LogP contribution is 2.40. The summed E-state index contributed by atoms with van der Waals surface area (Å²) < 4.78 is 4.81. The van der Waals surface area contributed by atoms with Gasteiger partial charge in [0.25, 0.3) is 5.69 Å². The molecule has 0 spiro atoms. The minimum atomic E-state index is -1.17. The Kier molecular flexibility index (Phi) is 6.49. The number of nitro groups is 1. The van der Waals surface area contributed by atoms with Crippen molar-refractivity contribution in [1.29, 1.82) is 5.26 Å². The predicted molar refractivity (Wildman–Crippen MR) is 110 cm³/mol. The van der Waals surface area contributed by atoms with E-state index in [2.05, 4.69) is 11.4 Å². The van der Waals surface area contributed by atoms with Crippen LogP contribution in [0.4, 0.5) is 5.69 Å². The maximum Gasteiger partial charge on any atom is 0.319 e. The van der Waals surface area contributed by atoms with Gasteiger partial charge in [0.2, 0.25) is 5.91 Å². The number of methoxy groups -OCH3 is 1. The Morgan fingerprint density at radius 1 is 1.23 bits per heavy atom. The number of nitriles is 1. The third-order valence-electron chi connectivity index (χ3n) is 4.67. The van der Waals surface area contributed by atoms with Crippen molar-refractivity contribution in [2.24, 2.45) is 5.92 Å². The lowest BCUT2D eigenvalue weighted by molar-refractivity contribution is -0.384. The average molecular weight is 423 g/mol. The molecule has 1 heterocycles. The summed E-state index contributed by atoms with van der Waals surface area (Å²) in [5.41, 5.74) is 1.70. The summed E-state index contributed by atoms with van der Waals surface area (Å²) in [5.74, 6) is -2.81. The van der Waals surface area contributed by atoms with Gasteiger partial charge in [-0.3, -0.25) is 19.7 Å². The molecule has 1 aliphatic rings. The smallest absolute Gasteiger partial charge is 0.319 e. The van der Waals surface area contributed by atoms with Gasteiger partial charge in [-0.25, -0.2) is 0 Å². The first-order valence-corrected chi connectivity index (χ1v) is 9.89. The lowest BCUT2D eigenvalue weighted by Gasteiger charge is -2.31. The van der Waals surface area contributed by atoms with Crippen molar-refractivity contribution in [3.8, 4) is 6.07 Å². The van der Waals surface area contributed by atoms with Crippen LogP contribution in [-0.2, 0) is 20.1 Å². The number of nitrogens with zero attached hydrogens (tertiary/aromatic N) is 2. The summed E-state index contributed by atoms with van der Waals surface area (Å²) in [6.07, 6.45) is 0. The van der Waals surface area contributed by atoms with Gasteiger partial charge in [-0.15, -0.1) is 11.8 Å². The maximum atomic E-state index is 12.7. The minimum absolute atomic E-state index is 0.0169. The van der Waals surface area contributed by atoms with E-state index in [0.29, 0.717) is 16.3 Å². The number of allylic oxidation sites excluding steroid dienone is 1. The second-order valence-corrected chi connectivity index (χ2v) is 7.43. The molecule has 9 heteroatoms. The van der Waals surface area contributed by atoms with Crippen LogP contribution in [0.1, 0.15) is 17.0 Å². The summed E-state index contributed by atoms with van der Waals surface area (Å²) in [7, 11) is 1.20. The first-order chi connectivity index (χ1) is 14.5. The summed E-state index contributed by atoms with van der Waals surface area (Å²) in [6, 6.07) is 17.0. The van der Waals surface area contributed by atoms with E-state index in [1.54, 1.807) is 42.5 Å². The van der Waals surface area contributed by atoms with E-state index in [1.807, 2.05) is 0 Å². The molecule has 2 aromatic rings. The van der Waals surface area contributed by atoms with Crippen molar-refractivity contribution in [2.75, 3.05) is 7.11 Å². The summed E-state index contributed by atoms with van der Waals surface area (Å²) in [6.45, 7) is 0. The Labute approximate surface area is 176 Å². The summed E-state index contributed by atoms with van der Waals surface area (Å²) >= 11 is 1.22. The highest BCUT2D eigenvalue weighted by Gasteiger charge is 2.44. The fourth-order valence-corrected chi connectivity index (χ4v) is 4.21. The number of rotatable bonds is 6. The molecule has 2 atom stereocenters. The summed E-state index contributed by atoms with van der Waals surface area (Å²) in [5, 5.41) is 23.6. The molecule has 0 bridgehead atoms. The molecular formula is C21H17N3O5S. The molecule has 0 aromatic heterocycles. The standard InChI is InChI=1S/C21H17N3O5S/c1-29-21(26)18-17(14-5-3-2-4-6-14)16(11-22)20(23-19(18)25)30-12-13-7-9-15(10-8-13)24(27)28/h2-10,17-18H,12H2,1H3,(H,23,25)/t17-,18-/m0/s1. The fourth-order valence-electron chi connectivity index (χ4n) is 3.21. The second-order valence-electron chi connectivity index (χ2n) is 6.45. The Bertz CT molecular complexity index is 1040. The predicted octanol–water partition coefficient (Wildman–Crippen LogP) is 3.27. The minimum Gasteiger partial charge on any atom is -0.468 e. The molecule has 0 fully saturated rings. The Morgan fingerprint density at radius 3 is 2.47 bits per heavy atom. The molecule has 1 aliphatic heterocycles. The SMILES string of the molecule is COC(=O)[C@@H]1C(=O)NC(SCc2ccc([N+](=O)[O-])cc2)=C(C#N)[C@@H]1c1ccccc1. The molecule has 0 unspecified atom stereocenters. The molecule has 2 aromatic carbocycles. The van der Waals surface area contributed by atoms with Gasteiger partial charge in [0.1, 0.15) is 5.92 Å². The van der Waals surface area contributed by atoms with Crippen LogP contribution in [0.2, 0.25) is 0 Å². The number of thioether (sulfide) groups is 1. The van der Waals surface area contributed by atoms with Crippen LogP contribution in [0.25, 0.3) is 0 Å². The van der Waals surface area contributed by atoms with Gasteiger partial charge in [-0.2, -0.15) is 5.26 Å². The van der Waals surface area contributed by atoms with Crippen LogP contribution in [-0.4, -0.2) is 23.9 Å². The lowest BCUT2D eigenvalue weighted by Crippen LogP contribution is -2.44. The van der Waals surface area contributed by atoms with Gasteiger partial charge < -0.3 is 10.1 Å². The largest absolute Gasteiger partial charge is 0.468 e. The third kappa shape index (κ3) is 4.34. The molecular weight excluding hydrogens is 406 g/mol. The van der Waals surface area contributed by atoms with Crippen LogP contribution >= 0.6 is 11.8 Å². The quantitative estimate of drug-likeness (QED) is 0.327. The van der Waals surface area contributed by atoms with Crippen molar-refractivity contribution in [1.82, 2.24) is 5.32 Å². The summed E-state index contributed by atoms with van der Waals surface area (Å²) in [4.78, 5) is 35.4. The zero-order valence-electron chi connectivity index (χ0n) is 15.9. The molecule has 1 amide bonds. The molecule has 1 N–H and O–H groups in total. The molecule has 30 heavy (non-hydrogen) atoms. The highest BCUT2D eigenvalue weighted by molar-refractivity contribution is 8.02. The van der Waals surface area contributed by atoms with Crippen LogP contribution < -0.4 is 5.32 Å². The number of non-ortho nitro benzene ring substituents is 1. The number of nitrogens with one attached hydrogen (secondary N) is 1. The zero-order valence-corrected chi connectivity index (χ0v) is 16.7. The van der Waals surface area contributed by atoms with E-state index < -0.39 is 28.6 Å². The maximum absolute atomic E-state index is 12.7. The van der Waals surface area contributed by atoms with Crippen molar-refractivity contribution in [3.05, 3.63) is 86.4 Å². The number of ether oxygens (including phenoxy) is 1. The number of nitro benzene ring substituents is 1. The second kappa shape index (κ2) is 9.24. The Hall–Kier alpha value is -3.64. The number of hydrogen-bond donors (Lipinski definition) is 1. The molecule has 152 valence electrons. The van der Waals surface area contributed by atoms with Gasteiger partial charge in [0, 0.05) is 23.8 Å². The molecule has 0 aliphatic carbocycles. The van der Waals surface area contributed by atoms with Crippen molar-refractivity contribution < 1.29 is 19.2 Å². The highest BCUT2D eigenvalue weighted by atomic mass is 32.2. The number of benzene rings is 2. The first kappa shape index (κ1) is 21.1. The first-order valence-electron chi connectivity index (χ1n) is 8.90. The normalized spacial score (nSPS) is 18.3. The van der Waals surface area contributed by atoms with Gasteiger partial charge in [-0.1, -0.05) is 42.5 Å². The number of amides is 1. The van der Waals surface area contributed by atoms with Crippen LogP contribution in [0.3, 0.4) is 0 Å². The van der Waals surface area contributed by atoms with Crippen molar-refractivity contribution in [3.63, 3.8) is 0 Å². The van der Waals surface area contributed by atoms with Crippen LogP contribution in [0.5, 0.6) is 0 Å². The van der Waals surface area contributed by atoms with E-state index >= 15 is 0 Å². The Morgan fingerprint density at radius 2 is 1.90 bits per heavy atom. The number of esters is 1. The molecule has 0 radical (unpaired) electrons. The monoisotopic (exact) mass is 423 g/mol.